The van der Waals surface area contributed by atoms with E-state index in [9.17, 15) is 0 Å². The molecule has 0 aliphatic carbocycles. The van der Waals surface area contributed by atoms with E-state index in [0.29, 0.717) is 6.10 Å². The van der Waals surface area contributed by atoms with Crippen LogP contribution in [0.3, 0.4) is 0 Å². The Morgan fingerprint density at radius 3 is 2.64 bits per heavy atom. The second kappa shape index (κ2) is 7.76. The molecule has 25 heavy (non-hydrogen) atoms. The quantitative estimate of drug-likeness (QED) is 0.764. The van der Waals surface area contributed by atoms with E-state index in [2.05, 4.69) is 50.9 Å². The van der Waals surface area contributed by atoms with E-state index in [4.69, 9.17) is 9.47 Å². The van der Waals surface area contributed by atoms with Crippen molar-refractivity contribution in [1.82, 2.24) is 14.8 Å². The molecule has 0 saturated carbocycles. The molecule has 3 heterocycles. The molecule has 2 saturated heterocycles. The van der Waals surface area contributed by atoms with E-state index in [1.165, 1.54) is 5.56 Å². The number of morpholine rings is 1. The van der Waals surface area contributed by atoms with Crippen molar-refractivity contribution in [2.24, 2.45) is 0 Å². The van der Waals surface area contributed by atoms with Crippen LogP contribution in [0.2, 0.25) is 0 Å². The summed E-state index contributed by atoms with van der Waals surface area (Å²) in [5, 5.41) is 9.93. The van der Waals surface area contributed by atoms with Crippen molar-refractivity contribution in [1.29, 1.82) is 0 Å². The van der Waals surface area contributed by atoms with Crippen LogP contribution in [0.4, 0.5) is 5.95 Å². The molecule has 2 aliphatic rings. The van der Waals surface area contributed by atoms with E-state index in [1.54, 1.807) is 11.8 Å². The minimum atomic E-state index is 0.333. The zero-order valence-corrected chi connectivity index (χ0v) is 15.4. The molecule has 2 fully saturated rings. The average Bonchev–Trinajstić information content (AvgIpc) is 3.31. The molecule has 1 aromatic carbocycles. The van der Waals surface area contributed by atoms with Gasteiger partial charge in [0.2, 0.25) is 5.95 Å². The highest BCUT2D eigenvalue weighted by Crippen LogP contribution is 2.29. The molecule has 134 valence electrons. The first-order valence-corrected chi connectivity index (χ1v) is 9.89. The summed E-state index contributed by atoms with van der Waals surface area (Å²) in [5.41, 5.74) is 2.35. The fourth-order valence-corrected chi connectivity index (χ4v) is 4.20. The van der Waals surface area contributed by atoms with Gasteiger partial charge in [0.05, 0.1) is 25.0 Å². The summed E-state index contributed by atoms with van der Waals surface area (Å²) < 4.78 is 13.4. The fraction of sp³-hybridized carbons (Fsp3) is 0.556. The van der Waals surface area contributed by atoms with Crippen molar-refractivity contribution in [3.05, 3.63) is 29.8 Å². The minimum absolute atomic E-state index is 0.333. The van der Waals surface area contributed by atoms with Gasteiger partial charge in [-0.2, -0.15) is 0 Å². The van der Waals surface area contributed by atoms with Crippen molar-refractivity contribution < 1.29 is 9.47 Å². The SMILES string of the molecule is Cc1ccc(-n2c(SCC3CCCO3)nnc2N2CCOCC2)cc1. The Bertz CT molecular complexity index is 692. The molecule has 0 amide bonds. The number of aromatic nitrogens is 3. The van der Waals surface area contributed by atoms with Gasteiger partial charge in [0.15, 0.2) is 5.16 Å². The topological polar surface area (TPSA) is 52.4 Å². The third-order valence-electron chi connectivity index (χ3n) is 4.62. The molecule has 0 spiro atoms. The predicted molar refractivity (Wildman–Crippen MR) is 98.8 cm³/mol. The lowest BCUT2D eigenvalue weighted by Crippen LogP contribution is -2.37. The van der Waals surface area contributed by atoms with Gasteiger partial charge in [-0.05, 0) is 31.9 Å². The molecule has 7 heteroatoms. The summed E-state index contributed by atoms with van der Waals surface area (Å²) in [5.74, 6) is 1.83. The summed E-state index contributed by atoms with van der Waals surface area (Å²) in [6, 6.07) is 8.54. The van der Waals surface area contributed by atoms with Crippen LogP contribution in [0.25, 0.3) is 5.69 Å². The Morgan fingerprint density at radius 2 is 1.92 bits per heavy atom. The Hall–Kier alpha value is -1.57. The van der Waals surface area contributed by atoms with Gasteiger partial charge in [-0.25, -0.2) is 0 Å². The van der Waals surface area contributed by atoms with Crippen LogP contribution >= 0.6 is 11.8 Å². The number of ether oxygens (including phenoxy) is 2. The number of thioether (sulfide) groups is 1. The number of anilines is 1. The summed E-state index contributed by atoms with van der Waals surface area (Å²) in [6.07, 6.45) is 2.64. The van der Waals surface area contributed by atoms with Gasteiger partial charge in [0.1, 0.15) is 0 Å². The van der Waals surface area contributed by atoms with E-state index >= 15 is 0 Å². The number of hydrogen-bond donors (Lipinski definition) is 0. The molecule has 1 unspecified atom stereocenters. The number of hydrogen-bond acceptors (Lipinski definition) is 6. The molecule has 0 N–H and O–H groups in total. The Morgan fingerprint density at radius 1 is 1.12 bits per heavy atom. The summed E-state index contributed by atoms with van der Waals surface area (Å²) in [4.78, 5) is 2.26. The van der Waals surface area contributed by atoms with Gasteiger partial charge < -0.3 is 14.4 Å². The molecular weight excluding hydrogens is 336 g/mol. The Labute approximate surface area is 152 Å². The molecule has 2 aromatic rings. The maximum Gasteiger partial charge on any atom is 0.232 e. The zero-order chi connectivity index (χ0) is 17.1. The van der Waals surface area contributed by atoms with E-state index in [1.807, 2.05) is 0 Å². The molecule has 2 aliphatic heterocycles. The van der Waals surface area contributed by atoms with Crippen LogP contribution in [0.15, 0.2) is 29.4 Å². The van der Waals surface area contributed by atoms with Crippen LogP contribution in [0, 0.1) is 6.92 Å². The summed E-state index contributed by atoms with van der Waals surface area (Å²) >= 11 is 1.73. The van der Waals surface area contributed by atoms with Crippen LogP contribution < -0.4 is 4.90 Å². The van der Waals surface area contributed by atoms with Crippen LogP contribution in [0.5, 0.6) is 0 Å². The molecule has 0 bridgehead atoms. The first-order valence-electron chi connectivity index (χ1n) is 8.91. The Kier molecular flexibility index (Phi) is 5.24. The first-order chi connectivity index (χ1) is 12.3. The van der Waals surface area contributed by atoms with Crippen LogP contribution in [-0.4, -0.2) is 59.5 Å². The van der Waals surface area contributed by atoms with Gasteiger partial charge in [0, 0.05) is 25.4 Å². The van der Waals surface area contributed by atoms with Crippen molar-refractivity contribution in [3.63, 3.8) is 0 Å². The standard InChI is InChI=1S/C18H24N4O2S/c1-14-4-6-15(7-5-14)22-17(21-8-11-23-12-9-21)19-20-18(22)25-13-16-3-2-10-24-16/h4-7,16H,2-3,8-13H2,1H3. The first kappa shape index (κ1) is 16.9. The van der Waals surface area contributed by atoms with Crippen LogP contribution in [0.1, 0.15) is 18.4 Å². The van der Waals surface area contributed by atoms with Crippen molar-refractivity contribution in [2.75, 3.05) is 43.6 Å². The zero-order valence-electron chi connectivity index (χ0n) is 14.6. The van der Waals surface area contributed by atoms with E-state index in [0.717, 1.165) is 68.3 Å². The largest absolute Gasteiger partial charge is 0.378 e. The minimum Gasteiger partial charge on any atom is -0.378 e. The highest BCUT2D eigenvalue weighted by Gasteiger charge is 2.23. The molecule has 4 rings (SSSR count). The lowest BCUT2D eigenvalue weighted by molar-refractivity contribution is 0.122. The fourth-order valence-electron chi connectivity index (χ4n) is 3.19. The smallest absolute Gasteiger partial charge is 0.232 e. The van der Waals surface area contributed by atoms with Gasteiger partial charge in [-0.15, -0.1) is 10.2 Å². The summed E-state index contributed by atoms with van der Waals surface area (Å²) in [6.45, 7) is 6.15. The molecule has 0 radical (unpaired) electrons. The van der Waals surface area contributed by atoms with Gasteiger partial charge in [-0.3, -0.25) is 4.57 Å². The van der Waals surface area contributed by atoms with Gasteiger partial charge >= 0.3 is 0 Å². The lowest BCUT2D eigenvalue weighted by Gasteiger charge is -2.28. The predicted octanol–water partition coefficient (Wildman–Crippen LogP) is 2.68. The van der Waals surface area contributed by atoms with E-state index < -0.39 is 0 Å². The Balaban J connectivity index is 1.62. The third-order valence-corrected chi connectivity index (χ3v) is 5.69. The van der Waals surface area contributed by atoms with Gasteiger partial charge in [-0.1, -0.05) is 29.5 Å². The number of benzene rings is 1. The lowest BCUT2D eigenvalue weighted by atomic mass is 10.2. The molecule has 1 atom stereocenters. The normalized spacial score (nSPS) is 21.0. The van der Waals surface area contributed by atoms with E-state index in [-0.39, 0.29) is 0 Å². The number of rotatable bonds is 5. The highest BCUT2D eigenvalue weighted by molar-refractivity contribution is 7.99. The van der Waals surface area contributed by atoms with Crippen molar-refractivity contribution >= 4 is 17.7 Å². The van der Waals surface area contributed by atoms with Crippen molar-refractivity contribution in [3.8, 4) is 5.69 Å². The van der Waals surface area contributed by atoms with Gasteiger partial charge in [0.25, 0.3) is 0 Å². The highest BCUT2D eigenvalue weighted by atomic mass is 32.2. The van der Waals surface area contributed by atoms with Crippen molar-refractivity contribution in [2.45, 2.75) is 31.0 Å². The second-order valence-corrected chi connectivity index (χ2v) is 7.49. The monoisotopic (exact) mass is 360 g/mol. The average molecular weight is 360 g/mol. The molecule has 6 nitrogen and oxygen atoms in total. The maximum atomic E-state index is 5.75. The third kappa shape index (κ3) is 3.83. The number of aryl methyl sites for hydroxylation is 1. The maximum absolute atomic E-state index is 5.75. The molecule has 1 aromatic heterocycles. The molecular formula is C18H24N4O2S. The second-order valence-electron chi connectivity index (χ2n) is 6.50. The van der Waals surface area contributed by atoms with Crippen LogP contribution in [-0.2, 0) is 9.47 Å². The summed E-state index contributed by atoms with van der Waals surface area (Å²) in [7, 11) is 0. The number of nitrogens with zero attached hydrogens (tertiary/aromatic N) is 4.